The highest BCUT2D eigenvalue weighted by atomic mass is 79.9. The van der Waals surface area contributed by atoms with Gasteiger partial charge < -0.3 is 5.32 Å². The minimum Gasteiger partial charge on any atom is -0.319 e. The number of carbonyl (C=O) groups excluding carboxylic acids is 1. The maximum absolute atomic E-state index is 13.6. The van der Waals surface area contributed by atoms with E-state index in [9.17, 15) is 13.6 Å². The molecule has 1 amide bonds. The zero-order valence-electron chi connectivity index (χ0n) is 10.0. The standard InChI is InChI=1S/C14H10BrF2NO/c1-8-2-5-13(12(17)6-8)18-14(19)9-3-4-11(16)10(15)7-9/h2-7H,1H3,(H,18,19). The Bertz CT molecular complexity index is 643. The SMILES string of the molecule is Cc1ccc(NC(=O)c2ccc(F)c(Br)c2)c(F)c1. The van der Waals surface area contributed by atoms with Crippen molar-refractivity contribution in [2.24, 2.45) is 0 Å². The van der Waals surface area contributed by atoms with Gasteiger partial charge in [-0.15, -0.1) is 0 Å². The molecule has 19 heavy (non-hydrogen) atoms. The first-order valence-corrected chi connectivity index (χ1v) is 6.29. The molecule has 0 heterocycles. The van der Waals surface area contributed by atoms with E-state index in [1.165, 1.54) is 30.3 Å². The Kier molecular flexibility index (Phi) is 3.95. The Labute approximate surface area is 117 Å². The summed E-state index contributed by atoms with van der Waals surface area (Å²) in [5.74, 6) is -1.46. The van der Waals surface area contributed by atoms with Crippen LogP contribution in [0.25, 0.3) is 0 Å². The highest BCUT2D eigenvalue weighted by molar-refractivity contribution is 9.10. The van der Waals surface area contributed by atoms with E-state index in [4.69, 9.17) is 0 Å². The second kappa shape index (κ2) is 5.48. The summed E-state index contributed by atoms with van der Waals surface area (Å²) in [6, 6.07) is 8.36. The summed E-state index contributed by atoms with van der Waals surface area (Å²) in [7, 11) is 0. The average molecular weight is 326 g/mol. The zero-order valence-corrected chi connectivity index (χ0v) is 11.6. The van der Waals surface area contributed by atoms with Crippen LogP contribution in [-0.4, -0.2) is 5.91 Å². The summed E-state index contributed by atoms with van der Waals surface area (Å²) in [5, 5.41) is 2.44. The first-order valence-electron chi connectivity index (χ1n) is 5.50. The van der Waals surface area contributed by atoms with E-state index < -0.39 is 17.5 Å². The van der Waals surface area contributed by atoms with Crippen molar-refractivity contribution in [3.8, 4) is 0 Å². The maximum atomic E-state index is 13.6. The van der Waals surface area contributed by atoms with Crippen molar-refractivity contribution >= 4 is 27.5 Å². The first kappa shape index (κ1) is 13.7. The lowest BCUT2D eigenvalue weighted by Crippen LogP contribution is -2.13. The molecule has 0 aliphatic rings. The Hall–Kier alpha value is -1.75. The number of amides is 1. The number of aryl methyl sites for hydroxylation is 1. The lowest BCUT2D eigenvalue weighted by atomic mass is 10.2. The van der Waals surface area contributed by atoms with E-state index in [0.29, 0.717) is 0 Å². The molecule has 1 N–H and O–H groups in total. The number of anilines is 1. The lowest BCUT2D eigenvalue weighted by molar-refractivity contribution is 0.102. The fourth-order valence-corrected chi connectivity index (χ4v) is 1.93. The normalized spacial score (nSPS) is 10.3. The van der Waals surface area contributed by atoms with Gasteiger partial charge in [0.2, 0.25) is 0 Å². The van der Waals surface area contributed by atoms with Gasteiger partial charge in [-0.3, -0.25) is 4.79 Å². The van der Waals surface area contributed by atoms with Crippen LogP contribution >= 0.6 is 15.9 Å². The predicted octanol–water partition coefficient (Wildman–Crippen LogP) is 4.29. The van der Waals surface area contributed by atoms with Crippen LogP contribution in [0.4, 0.5) is 14.5 Å². The number of nitrogens with one attached hydrogen (secondary N) is 1. The minimum atomic E-state index is -0.505. The molecular formula is C14H10BrF2NO. The molecule has 2 aromatic carbocycles. The summed E-state index contributed by atoms with van der Waals surface area (Å²) < 4.78 is 26.8. The van der Waals surface area contributed by atoms with Gasteiger partial charge in [-0.2, -0.15) is 0 Å². The van der Waals surface area contributed by atoms with Gasteiger partial charge in [0.15, 0.2) is 0 Å². The molecule has 0 bridgehead atoms. The third-order valence-corrected chi connectivity index (χ3v) is 3.16. The number of halogens is 3. The fourth-order valence-electron chi connectivity index (χ4n) is 1.55. The van der Waals surface area contributed by atoms with Crippen molar-refractivity contribution < 1.29 is 13.6 Å². The van der Waals surface area contributed by atoms with Crippen molar-refractivity contribution in [1.82, 2.24) is 0 Å². The van der Waals surface area contributed by atoms with Gasteiger partial charge in [-0.25, -0.2) is 8.78 Å². The quantitative estimate of drug-likeness (QED) is 0.876. The second-order valence-electron chi connectivity index (χ2n) is 4.07. The summed E-state index contributed by atoms with van der Waals surface area (Å²) in [6.07, 6.45) is 0. The van der Waals surface area contributed by atoms with Crippen LogP contribution in [-0.2, 0) is 0 Å². The third kappa shape index (κ3) is 3.17. The first-order chi connectivity index (χ1) is 8.97. The van der Waals surface area contributed by atoms with Crippen LogP contribution in [0.1, 0.15) is 15.9 Å². The van der Waals surface area contributed by atoms with Gasteiger partial charge in [0, 0.05) is 5.56 Å². The number of benzene rings is 2. The van der Waals surface area contributed by atoms with Gasteiger partial charge in [0.05, 0.1) is 10.2 Å². The summed E-state index contributed by atoms with van der Waals surface area (Å²) in [5.41, 5.74) is 1.10. The van der Waals surface area contributed by atoms with Crippen molar-refractivity contribution in [3.05, 3.63) is 63.6 Å². The Morgan fingerprint density at radius 3 is 2.47 bits per heavy atom. The molecular weight excluding hydrogens is 316 g/mol. The number of hydrogen-bond donors (Lipinski definition) is 1. The molecule has 2 rings (SSSR count). The smallest absolute Gasteiger partial charge is 0.255 e. The average Bonchev–Trinajstić information content (AvgIpc) is 2.36. The van der Waals surface area contributed by atoms with E-state index in [0.717, 1.165) is 5.56 Å². The van der Waals surface area contributed by atoms with Crippen LogP contribution < -0.4 is 5.32 Å². The van der Waals surface area contributed by atoms with Crippen LogP contribution in [0.15, 0.2) is 40.9 Å². The van der Waals surface area contributed by atoms with Crippen molar-refractivity contribution in [2.45, 2.75) is 6.92 Å². The molecule has 5 heteroatoms. The van der Waals surface area contributed by atoms with Gasteiger partial charge in [0.25, 0.3) is 5.91 Å². The fraction of sp³-hybridized carbons (Fsp3) is 0.0714. The van der Waals surface area contributed by atoms with Crippen LogP contribution in [0.2, 0.25) is 0 Å². The molecule has 0 spiro atoms. The van der Waals surface area contributed by atoms with E-state index >= 15 is 0 Å². The molecule has 0 fully saturated rings. The Morgan fingerprint density at radius 2 is 1.84 bits per heavy atom. The molecule has 0 aliphatic carbocycles. The topological polar surface area (TPSA) is 29.1 Å². The predicted molar refractivity (Wildman–Crippen MR) is 73.2 cm³/mol. The highest BCUT2D eigenvalue weighted by Gasteiger charge is 2.11. The summed E-state index contributed by atoms with van der Waals surface area (Å²) in [6.45, 7) is 1.76. The number of carbonyl (C=O) groups is 1. The van der Waals surface area contributed by atoms with E-state index in [1.54, 1.807) is 13.0 Å². The lowest BCUT2D eigenvalue weighted by Gasteiger charge is -2.07. The highest BCUT2D eigenvalue weighted by Crippen LogP contribution is 2.19. The Balaban J connectivity index is 2.23. The second-order valence-corrected chi connectivity index (χ2v) is 4.92. The molecule has 0 aliphatic heterocycles. The van der Waals surface area contributed by atoms with Crippen LogP contribution in [0.5, 0.6) is 0 Å². The van der Waals surface area contributed by atoms with Crippen molar-refractivity contribution in [2.75, 3.05) is 5.32 Å². The van der Waals surface area contributed by atoms with Gasteiger partial charge >= 0.3 is 0 Å². The van der Waals surface area contributed by atoms with Crippen LogP contribution in [0.3, 0.4) is 0 Å². The molecule has 2 aromatic rings. The van der Waals surface area contributed by atoms with Crippen molar-refractivity contribution in [1.29, 1.82) is 0 Å². The molecule has 0 unspecified atom stereocenters. The summed E-state index contributed by atoms with van der Waals surface area (Å²) in [4.78, 5) is 11.9. The van der Waals surface area contributed by atoms with E-state index in [1.807, 2.05) is 0 Å². The minimum absolute atomic E-state index is 0.0936. The number of hydrogen-bond acceptors (Lipinski definition) is 1. The maximum Gasteiger partial charge on any atom is 0.255 e. The molecule has 2 nitrogen and oxygen atoms in total. The van der Waals surface area contributed by atoms with E-state index in [2.05, 4.69) is 21.2 Å². The molecule has 0 atom stereocenters. The van der Waals surface area contributed by atoms with Gasteiger partial charge in [-0.05, 0) is 58.7 Å². The van der Waals surface area contributed by atoms with Crippen LogP contribution in [0, 0.1) is 18.6 Å². The molecule has 98 valence electrons. The van der Waals surface area contributed by atoms with Gasteiger partial charge in [0.1, 0.15) is 11.6 Å². The summed E-state index contributed by atoms with van der Waals surface area (Å²) >= 11 is 2.99. The van der Waals surface area contributed by atoms with Crippen molar-refractivity contribution in [3.63, 3.8) is 0 Å². The molecule has 0 aromatic heterocycles. The third-order valence-electron chi connectivity index (χ3n) is 2.55. The molecule has 0 radical (unpaired) electrons. The molecule has 0 saturated heterocycles. The van der Waals surface area contributed by atoms with E-state index in [-0.39, 0.29) is 15.7 Å². The largest absolute Gasteiger partial charge is 0.319 e. The number of rotatable bonds is 2. The monoisotopic (exact) mass is 325 g/mol. The molecule has 0 saturated carbocycles. The van der Waals surface area contributed by atoms with Gasteiger partial charge in [-0.1, -0.05) is 6.07 Å². The Morgan fingerprint density at radius 1 is 1.11 bits per heavy atom. The zero-order chi connectivity index (χ0) is 14.0.